The van der Waals surface area contributed by atoms with Crippen molar-refractivity contribution in [2.24, 2.45) is 0 Å². The largest absolute Gasteiger partial charge is 0.480 e. The van der Waals surface area contributed by atoms with Crippen LogP contribution in [0.25, 0.3) is 0 Å². The second-order valence-electron chi connectivity index (χ2n) is 4.33. The van der Waals surface area contributed by atoms with Crippen molar-refractivity contribution in [2.45, 2.75) is 24.1 Å². The second kappa shape index (κ2) is 6.43. The summed E-state index contributed by atoms with van der Waals surface area (Å²) >= 11 is 1.62. The van der Waals surface area contributed by atoms with Gasteiger partial charge in [-0.1, -0.05) is 24.3 Å². The van der Waals surface area contributed by atoms with E-state index >= 15 is 0 Å². The Morgan fingerprint density at radius 3 is 2.68 bits per heavy atom. The summed E-state index contributed by atoms with van der Waals surface area (Å²) in [6.07, 6.45) is 3.31. The highest BCUT2D eigenvalue weighted by Crippen LogP contribution is 2.27. The van der Waals surface area contributed by atoms with E-state index in [1.165, 1.54) is 0 Å². The predicted octanol–water partition coefficient (Wildman–Crippen LogP) is 2.28. The first-order valence-corrected chi connectivity index (χ1v) is 7.00. The van der Waals surface area contributed by atoms with Crippen LogP contribution in [0.1, 0.15) is 23.2 Å². The van der Waals surface area contributed by atoms with Gasteiger partial charge in [-0.15, -0.1) is 11.8 Å². The number of carboxylic acid groups (broad SMARTS) is 1. The van der Waals surface area contributed by atoms with E-state index in [0.717, 1.165) is 6.42 Å². The lowest BCUT2D eigenvalue weighted by Gasteiger charge is -2.17. The van der Waals surface area contributed by atoms with E-state index in [-0.39, 0.29) is 11.2 Å². The Morgan fingerprint density at radius 2 is 2.11 bits per heavy atom. The molecule has 4 nitrogen and oxygen atoms in total. The highest BCUT2D eigenvalue weighted by Gasteiger charge is 2.25. The van der Waals surface area contributed by atoms with E-state index in [9.17, 15) is 14.7 Å². The topological polar surface area (TPSA) is 66.4 Å². The minimum atomic E-state index is -0.989. The molecule has 2 rings (SSSR count). The Labute approximate surface area is 115 Å². The maximum absolute atomic E-state index is 11.9. The number of rotatable bonds is 5. The highest BCUT2D eigenvalue weighted by atomic mass is 32.2. The zero-order chi connectivity index (χ0) is 13.7. The first-order valence-electron chi connectivity index (χ1n) is 6.06. The Bertz CT molecular complexity index is 479. The Balaban J connectivity index is 1.96. The number of amides is 1. The number of carbonyl (C=O) groups is 2. The summed E-state index contributed by atoms with van der Waals surface area (Å²) in [5, 5.41) is 14.0. The number of hydrogen-bond donors (Lipinski definition) is 2. The van der Waals surface area contributed by atoms with Crippen LogP contribution in [0.15, 0.2) is 41.8 Å². The smallest absolute Gasteiger partial charge is 0.326 e. The Hall–Kier alpha value is -1.75. The number of carboxylic acids is 1. The van der Waals surface area contributed by atoms with E-state index in [1.54, 1.807) is 36.0 Å². The number of thioether (sulfide) groups is 1. The molecular weight excluding hydrogens is 262 g/mol. The summed E-state index contributed by atoms with van der Waals surface area (Å²) in [4.78, 5) is 23.1. The van der Waals surface area contributed by atoms with Crippen LogP contribution in [0.5, 0.6) is 0 Å². The molecular formula is C14H15NO3S. The van der Waals surface area contributed by atoms with Crippen molar-refractivity contribution in [3.63, 3.8) is 0 Å². The fourth-order valence-electron chi connectivity index (χ4n) is 1.90. The third-order valence-electron chi connectivity index (χ3n) is 2.90. The van der Waals surface area contributed by atoms with Crippen molar-refractivity contribution in [1.82, 2.24) is 5.32 Å². The van der Waals surface area contributed by atoms with Crippen molar-refractivity contribution < 1.29 is 14.7 Å². The van der Waals surface area contributed by atoms with Gasteiger partial charge in [-0.2, -0.15) is 0 Å². The molecule has 0 aliphatic carbocycles. The Morgan fingerprint density at radius 1 is 1.37 bits per heavy atom. The average Bonchev–Trinajstić information content (AvgIpc) is 2.91. The normalized spacial score (nSPS) is 19.1. The van der Waals surface area contributed by atoms with Crippen molar-refractivity contribution in [3.05, 3.63) is 47.4 Å². The van der Waals surface area contributed by atoms with Gasteiger partial charge in [0.25, 0.3) is 5.91 Å². The summed E-state index contributed by atoms with van der Waals surface area (Å²) in [5.74, 6) is -1.33. The molecule has 1 aromatic carbocycles. The molecule has 1 unspecified atom stereocenters. The molecule has 19 heavy (non-hydrogen) atoms. The molecule has 100 valence electrons. The van der Waals surface area contributed by atoms with Crippen molar-refractivity contribution >= 4 is 23.6 Å². The van der Waals surface area contributed by atoms with Gasteiger partial charge in [0.1, 0.15) is 6.04 Å². The summed E-state index contributed by atoms with van der Waals surface area (Å²) in [6.45, 7) is 0. The van der Waals surface area contributed by atoms with Gasteiger partial charge < -0.3 is 10.4 Å². The van der Waals surface area contributed by atoms with Gasteiger partial charge >= 0.3 is 5.97 Å². The molecule has 1 aliphatic heterocycles. The van der Waals surface area contributed by atoms with E-state index in [1.807, 2.05) is 17.6 Å². The molecule has 1 aliphatic rings. The van der Waals surface area contributed by atoms with Crippen LogP contribution in [0.3, 0.4) is 0 Å². The third kappa shape index (κ3) is 3.86. The lowest BCUT2D eigenvalue weighted by atomic mass is 10.1. The predicted molar refractivity (Wildman–Crippen MR) is 75.1 cm³/mol. The zero-order valence-corrected chi connectivity index (χ0v) is 11.1. The molecule has 0 fully saturated rings. The molecule has 0 spiro atoms. The number of benzene rings is 1. The lowest BCUT2D eigenvalue weighted by molar-refractivity contribution is -0.139. The fraction of sp³-hybridized carbons (Fsp3) is 0.286. The standard InChI is InChI=1S/C14H15NO3S/c16-13(10-5-2-1-3-6-10)15-12(14(17)18)9-11-7-4-8-19-11/h1-6,8,11-12H,7,9H2,(H,15,16)(H,17,18)/t11?,12-/m0/s1. The molecule has 0 bridgehead atoms. The number of nitrogens with one attached hydrogen (secondary N) is 1. The number of aliphatic carboxylic acids is 1. The second-order valence-corrected chi connectivity index (χ2v) is 5.54. The summed E-state index contributed by atoms with van der Waals surface area (Å²) < 4.78 is 0. The van der Waals surface area contributed by atoms with Gasteiger partial charge in [-0.3, -0.25) is 4.79 Å². The SMILES string of the molecule is O=C(N[C@@H](CC1CC=CS1)C(=O)O)c1ccccc1. The van der Waals surface area contributed by atoms with Gasteiger partial charge in [-0.05, 0) is 30.4 Å². The molecule has 0 saturated heterocycles. The minimum absolute atomic E-state index is 0.233. The van der Waals surface area contributed by atoms with Crippen LogP contribution in [-0.4, -0.2) is 28.3 Å². The van der Waals surface area contributed by atoms with Crippen LogP contribution in [0, 0.1) is 0 Å². The molecule has 0 aromatic heterocycles. The molecule has 1 amide bonds. The van der Waals surface area contributed by atoms with E-state index < -0.39 is 12.0 Å². The number of hydrogen-bond acceptors (Lipinski definition) is 3. The summed E-state index contributed by atoms with van der Waals surface area (Å²) in [7, 11) is 0. The lowest BCUT2D eigenvalue weighted by Crippen LogP contribution is -2.42. The minimum Gasteiger partial charge on any atom is -0.480 e. The van der Waals surface area contributed by atoms with Crippen molar-refractivity contribution in [3.8, 4) is 0 Å². The van der Waals surface area contributed by atoms with Crippen molar-refractivity contribution in [2.75, 3.05) is 0 Å². The van der Waals surface area contributed by atoms with Gasteiger partial charge in [0, 0.05) is 10.8 Å². The molecule has 1 heterocycles. The fourth-order valence-corrected chi connectivity index (χ4v) is 2.87. The van der Waals surface area contributed by atoms with Crippen LogP contribution in [0.2, 0.25) is 0 Å². The monoisotopic (exact) mass is 277 g/mol. The quantitative estimate of drug-likeness (QED) is 0.866. The van der Waals surface area contributed by atoms with Crippen molar-refractivity contribution in [1.29, 1.82) is 0 Å². The van der Waals surface area contributed by atoms with Gasteiger partial charge in [0.15, 0.2) is 0 Å². The zero-order valence-electron chi connectivity index (χ0n) is 10.3. The van der Waals surface area contributed by atoms with Crippen LogP contribution >= 0.6 is 11.8 Å². The molecule has 2 atom stereocenters. The molecule has 0 saturated carbocycles. The van der Waals surface area contributed by atoms with Crippen LogP contribution in [0.4, 0.5) is 0 Å². The number of carbonyl (C=O) groups excluding carboxylic acids is 1. The van der Waals surface area contributed by atoms with E-state index in [0.29, 0.717) is 12.0 Å². The summed E-state index contributed by atoms with van der Waals surface area (Å²) in [6, 6.07) is 7.81. The van der Waals surface area contributed by atoms with Gasteiger partial charge in [0.2, 0.25) is 0 Å². The Kier molecular flexibility index (Phi) is 4.63. The molecule has 0 radical (unpaired) electrons. The maximum Gasteiger partial charge on any atom is 0.326 e. The third-order valence-corrected chi connectivity index (χ3v) is 4.02. The first-order chi connectivity index (χ1) is 9.16. The van der Waals surface area contributed by atoms with Crippen LogP contribution in [-0.2, 0) is 4.79 Å². The molecule has 2 N–H and O–H groups in total. The average molecular weight is 277 g/mol. The van der Waals surface area contributed by atoms with E-state index in [4.69, 9.17) is 0 Å². The van der Waals surface area contributed by atoms with Crippen LogP contribution < -0.4 is 5.32 Å². The first kappa shape index (κ1) is 13.7. The highest BCUT2D eigenvalue weighted by molar-refractivity contribution is 8.03. The van der Waals surface area contributed by atoms with Gasteiger partial charge in [0.05, 0.1) is 0 Å². The molecule has 5 heteroatoms. The molecule has 1 aromatic rings. The number of allylic oxidation sites excluding steroid dienone is 1. The van der Waals surface area contributed by atoms with Gasteiger partial charge in [-0.25, -0.2) is 4.79 Å². The maximum atomic E-state index is 11.9. The summed E-state index contributed by atoms with van der Waals surface area (Å²) in [5.41, 5.74) is 0.478. The van der Waals surface area contributed by atoms with E-state index in [2.05, 4.69) is 5.32 Å².